The maximum Gasteiger partial charge on any atom is 0.401 e. The van der Waals surface area contributed by atoms with Crippen molar-refractivity contribution in [2.24, 2.45) is 5.92 Å². The summed E-state index contributed by atoms with van der Waals surface area (Å²) in [6.07, 6.45) is -1.87. The van der Waals surface area contributed by atoms with E-state index in [0.717, 1.165) is 18.4 Å². The molecule has 6 nitrogen and oxygen atoms in total. The van der Waals surface area contributed by atoms with Gasteiger partial charge >= 0.3 is 6.18 Å². The molecule has 0 N–H and O–H groups in total. The molecule has 2 atom stereocenters. The number of likely N-dealkylation sites (tertiary alicyclic amines) is 1. The van der Waals surface area contributed by atoms with Crippen LogP contribution in [0.15, 0.2) is 24.3 Å². The van der Waals surface area contributed by atoms with Crippen LogP contribution in [0.25, 0.3) is 0 Å². The van der Waals surface area contributed by atoms with E-state index in [9.17, 15) is 22.8 Å². The van der Waals surface area contributed by atoms with Crippen molar-refractivity contribution < 1.29 is 27.5 Å². The fourth-order valence-electron chi connectivity index (χ4n) is 4.65. The van der Waals surface area contributed by atoms with Crippen LogP contribution in [0.3, 0.4) is 0 Å². The third kappa shape index (κ3) is 5.94. The quantitative estimate of drug-likeness (QED) is 0.632. The molecule has 0 aliphatic carbocycles. The molecule has 0 aromatic heterocycles. The Bertz CT molecular complexity index is 785. The molecule has 32 heavy (non-hydrogen) atoms. The van der Waals surface area contributed by atoms with Crippen molar-refractivity contribution in [3.63, 3.8) is 0 Å². The number of nitrogens with zero attached hydrogens (tertiary/aromatic N) is 3. The Balaban J connectivity index is 1.78. The van der Waals surface area contributed by atoms with E-state index in [1.807, 2.05) is 24.3 Å². The van der Waals surface area contributed by atoms with Gasteiger partial charge in [-0.05, 0) is 30.5 Å². The van der Waals surface area contributed by atoms with Crippen molar-refractivity contribution in [2.75, 3.05) is 46.4 Å². The fraction of sp³-hybridized carbons (Fsp3) is 0.652. The Morgan fingerprint density at radius 2 is 1.84 bits per heavy atom. The van der Waals surface area contributed by atoms with E-state index < -0.39 is 18.6 Å². The number of ether oxygens (including phenoxy) is 1. The molecule has 2 aliphatic rings. The highest BCUT2D eigenvalue weighted by molar-refractivity contribution is 5.90. The third-order valence-electron chi connectivity index (χ3n) is 6.26. The number of halogens is 3. The number of unbranched alkanes of at least 4 members (excludes halogenated alkanes) is 1. The van der Waals surface area contributed by atoms with Crippen molar-refractivity contribution in [1.29, 1.82) is 0 Å². The summed E-state index contributed by atoms with van der Waals surface area (Å²) in [7, 11) is 1.58. The molecule has 0 bridgehead atoms. The minimum absolute atomic E-state index is 0.0499. The van der Waals surface area contributed by atoms with E-state index in [4.69, 9.17) is 4.74 Å². The van der Waals surface area contributed by atoms with Crippen LogP contribution in [0.4, 0.5) is 13.2 Å². The predicted molar refractivity (Wildman–Crippen MR) is 114 cm³/mol. The van der Waals surface area contributed by atoms with Crippen LogP contribution in [0, 0.1) is 5.92 Å². The lowest BCUT2D eigenvalue weighted by molar-refractivity contribution is -0.145. The van der Waals surface area contributed by atoms with Gasteiger partial charge in [0.05, 0.1) is 25.6 Å². The van der Waals surface area contributed by atoms with Crippen molar-refractivity contribution in [1.82, 2.24) is 14.7 Å². The summed E-state index contributed by atoms with van der Waals surface area (Å²) in [6.45, 7) is 2.79. The molecule has 2 saturated heterocycles. The van der Waals surface area contributed by atoms with Crippen molar-refractivity contribution in [2.45, 2.75) is 44.8 Å². The Kier molecular flexibility index (Phi) is 8.03. The third-order valence-corrected chi connectivity index (χ3v) is 6.26. The van der Waals surface area contributed by atoms with Crippen LogP contribution in [-0.4, -0.2) is 79.1 Å². The second-order valence-corrected chi connectivity index (χ2v) is 8.54. The fourth-order valence-corrected chi connectivity index (χ4v) is 4.65. The summed E-state index contributed by atoms with van der Waals surface area (Å²) < 4.78 is 43.6. The molecule has 0 saturated carbocycles. The normalized spacial score (nSPS) is 22.8. The predicted octanol–water partition coefficient (Wildman–Crippen LogP) is 3.48. The average Bonchev–Trinajstić information content (AvgIpc) is 2.91. The van der Waals surface area contributed by atoms with Gasteiger partial charge in [-0.25, -0.2) is 0 Å². The summed E-state index contributed by atoms with van der Waals surface area (Å²) in [6, 6.07) is 7.03. The molecule has 3 rings (SSSR count). The maximum absolute atomic E-state index is 13.5. The Morgan fingerprint density at radius 1 is 1.12 bits per heavy atom. The standard InChI is InChI=1S/C23H32F3N3O3/c1-3-4-12-29-20(30)15-19(21(29)17-6-8-18(32-2)9-7-17)22(31)28-11-5-10-27(13-14-28)16-23(24,25)26/h6-9,19,21H,3-5,10-16H2,1-2H3. The van der Waals surface area contributed by atoms with Crippen LogP contribution >= 0.6 is 0 Å². The van der Waals surface area contributed by atoms with Gasteiger partial charge in [0.15, 0.2) is 0 Å². The van der Waals surface area contributed by atoms with Gasteiger partial charge in [-0.15, -0.1) is 0 Å². The van der Waals surface area contributed by atoms with Crippen LogP contribution < -0.4 is 4.74 Å². The number of carbonyl (C=O) groups is 2. The number of rotatable bonds is 7. The molecular weight excluding hydrogens is 423 g/mol. The molecule has 1 aromatic rings. The lowest BCUT2D eigenvalue weighted by Crippen LogP contribution is -2.42. The first kappa shape index (κ1) is 24.4. The van der Waals surface area contributed by atoms with Crippen LogP contribution in [-0.2, 0) is 9.59 Å². The van der Waals surface area contributed by atoms with E-state index in [2.05, 4.69) is 6.92 Å². The molecule has 1 aromatic carbocycles. The minimum atomic E-state index is -4.25. The zero-order valence-electron chi connectivity index (χ0n) is 18.7. The van der Waals surface area contributed by atoms with Gasteiger partial charge in [0.25, 0.3) is 0 Å². The molecule has 2 heterocycles. The number of hydrogen-bond acceptors (Lipinski definition) is 4. The number of alkyl halides is 3. The van der Waals surface area contributed by atoms with Crippen LogP contribution in [0.1, 0.15) is 44.2 Å². The lowest BCUT2D eigenvalue weighted by atomic mass is 9.92. The van der Waals surface area contributed by atoms with Crippen molar-refractivity contribution >= 4 is 11.8 Å². The first-order valence-corrected chi connectivity index (χ1v) is 11.2. The Hall–Kier alpha value is -2.29. The Labute approximate surface area is 187 Å². The maximum atomic E-state index is 13.5. The van der Waals surface area contributed by atoms with Gasteiger partial charge in [0, 0.05) is 39.1 Å². The molecule has 2 fully saturated rings. The smallest absolute Gasteiger partial charge is 0.401 e. The number of carbonyl (C=O) groups excluding carboxylic acids is 2. The summed E-state index contributed by atoms with van der Waals surface area (Å²) >= 11 is 0. The van der Waals surface area contributed by atoms with Gasteiger partial charge < -0.3 is 14.5 Å². The van der Waals surface area contributed by atoms with E-state index in [0.29, 0.717) is 31.8 Å². The highest BCUT2D eigenvalue weighted by Gasteiger charge is 2.45. The molecular formula is C23H32F3N3O3. The van der Waals surface area contributed by atoms with Crippen LogP contribution in [0.5, 0.6) is 5.75 Å². The zero-order valence-corrected chi connectivity index (χ0v) is 18.7. The van der Waals surface area contributed by atoms with E-state index in [-0.39, 0.29) is 37.4 Å². The molecule has 2 amide bonds. The van der Waals surface area contributed by atoms with Gasteiger partial charge in [0.2, 0.25) is 11.8 Å². The number of methoxy groups -OCH3 is 1. The lowest BCUT2D eigenvalue weighted by Gasteiger charge is -2.31. The van der Waals surface area contributed by atoms with Crippen molar-refractivity contribution in [3.8, 4) is 5.75 Å². The first-order chi connectivity index (χ1) is 15.2. The SMILES string of the molecule is CCCCN1C(=O)CC(C(=O)N2CCCN(CC(F)(F)F)CC2)C1c1ccc(OC)cc1. The largest absolute Gasteiger partial charge is 0.497 e. The van der Waals surface area contributed by atoms with E-state index >= 15 is 0 Å². The summed E-state index contributed by atoms with van der Waals surface area (Å²) in [5.41, 5.74) is 0.875. The molecule has 9 heteroatoms. The molecule has 2 unspecified atom stereocenters. The first-order valence-electron chi connectivity index (χ1n) is 11.2. The highest BCUT2D eigenvalue weighted by atomic mass is 19.4. The molecule has 0 radical (unpaired) electrons. The number of hydrogen-bond donors (Lipinski definition) is 0. The van der Waals surface area contributed by atoms with Crippen molar-refractivity contribution in [3.05, 3.63) is 29.8 Å². The summed E-state index contributed by atoms with van der Waals surface area (Å²) in [5, 5.41) is 0. The molecule has 2 aliphatic heterocycles. The summed E-state index contributed by atoms with van der Waals surface area (Å²) in [4.78, 5) is 31.1. The summed E-state index contributed by atoms with van der Waals surface area (Å²) in [5.74, 6) is -0.0431. The van der Waals surface area contributed by atoms with E-state index in [1.54, 1.807) is 16.9 Å². The molecule has 178 valence electrons. The number of amides is 2. The number of benzene rings is 1. The Morgan fingerprint density at radius 3 is 2.47 bits per heavy atom. The minimum Gasteiger partial charge on any atom is -0.497 e. The second kappa shape index (κ2) is 10.6. The molecule has 0 spiro atoms. The van der Waals surface area contributed by atoms with E-state index in [1.165, 1.54) is 4.90 Å². The van der Waals surface area contributed by atoms with Gasteiger partial charge in [0.1, 0.15) is 5.75 Å². The van der Waals surface area contributed by atoms with Gasteiger partial charge in [-0.3, -0.25) is 14.5 Å². The van der Waals surface area contributed by atoms with Gasteiger partial charge in [-0.2, -0.15) is 13.2 Å². The monoisotopic (exact) mass is 455 g/mol. The zero-order chi connectivity index (χ0) is 23.3. The topological polar surface area (TPSA) is 53.1 Å². The highest BCUT2D eigenvalue weighted by Crippen LogP contribution is 2.40. The average molecular weight is 456 g/mol. The van der Waals surface area contributed by atoms with Gasteiger partial charge in [-0.1, -0.05) is 25.5 Å². The second-order valence-electron chi connectivity index (χ2n) is 8.54. The van der Waals surface area contributed by atoms with Crippen LogP contribution in [0.2, 0.25) is 0 Å².